The predicted octanol–water partition coefficient (Wildman–Crippen LogP) is 1.36. The number of nitrogen functional groups attached to an aromatic ring is 1. The topological polar surface area (TPSA) is 97.1 Å². The van der Waals surface area contributed by atoms with Gasteiger partial charge in [0.05, 0.1) is 15.7 Å². The van der Waals surface area contributed by atoms with Crippen LogP contribution >= 0.6 is 23.1 Å². The maximum atomic E-state index is 11.5. The highest BCUT2D eigenvalue weighted by molar-refractivity contribution is 8.01. The molecule has 0 saturated carbocycles. The molecule has 0 aliphatic rings. The first-order valence-corrected chi connectivity index (χ1v) is 7.26. The SMILES string of the molecule is CCCNC(=O)NC(=O)CSc1sc(N)nc1C. The zero-order chi connectivity index (χ0) is 13.5. The van der Waals surface area contributed by atoms with Gasteiger partial charge in [-0.05, 0) is 13.3 Å². The average molecular weight is 288 g/mol. The number of aromatic nitrogens is 1. The van der Waals surface area contributed by atoms with E-state index in [-0.39, 0.29) is 11.7 Å². The summed E-state index contributed by atoms with van der Waals surface area (Å²) < 4.78 is 0.900. The summed E-state index contributed by atoms with van der Waals surface area (Å²) >= 11 is 2.66. The Hall–Kier alpha value is -1.28. The van der Waals surface area contributed by atoms with Gasteiger partial charge in [0.25, 0.3) is 0 Å². The van der Waals surface area contributed by atoms with E-state index in [1.807, 2.05) is 13.8 Å². The average Bonchev–Trinajstić information content (AvgIpc) is 2.62. The zero-order valence-corrected chi connectivity index (χ0v) is 11.9. The molecule has 0 unspecified atom stereocenters. The van der Waals surface area contributed by atoms with E-state index in [0.717, 1.165) is 16.3 Å². The Morgan fingerprint density at radius 1 is 1.50 bits per heavy atom. The summed E-state index contributed by atoms with van der Waals surface area (Å²) in [5.41, 5.74) is 6.36. The van der Waals surface area contributed by atoms with Crippen LogP contribution in [-0.2, 0) is 4.79 Å². The van der Waals surface area contributed by atoms with Crippen molar-refractivity contribution in [3.05, 3.63) is 5.69 Å². The number of imide groups is 1. The fraction of sp³-hybridized carbons (Fsp3) is 0.500. The highest BCUT2D eigenvalue weighted by Crippen LogP contribution is 2.30. The first kappa shape index (κ1) is 14.8. The Morgan fingerprint density at radius 3 is 2.78 bits per heavy atom. The van der Waals surface area contributed by atoms with Gasteiger partial charge in [0, 0.05) is 6.54 Å². The van der Waals surface area contributed by atoms with Crippen LogP contribution < -0.4 is 16.4 Å². The number of thiazole rings is 1. The fourth-order valence-electron chi connectivity index (χ4n) is 1.11. The van der Waals surface area contributed by atoms with Crippen molar-refractivity contribution in [3.63, 3.8) is 0 Å². The molecule has 0 radical (unpaired) electrons. The number of carbonyl (C=O) groups is 2. The van der Waals surface area contributed by atoms with Crippen molar-refractivity contribution in [2.45, 2.75) is 24.5 Å². The predicted molar refractivity (Wildman–Crippen MR) is 73.8 cm³/mol. The molecule has 6 nitrogen and oxygen atoms in total. The van der Waals surface area contributed by atoms with Crippen molar-refractivity contribution in [2.75, 3.05) is 18.0 Å². The number of amides is 3. The molecule has 0 bridgehead atoms. The Labute approximate surface area is 114 Å². The van der Waals surface area contributed by atoms with E-state index in [4.69, 9.17) is 5.73 Å². The monoisotopic (exact) mass is 288 g/mol. The number of carbonyl (C=O) groups excluding carboxylic acids is 2. The lowest BCUT2D eigenvalue weighted by Crippen LogP contribution is -2.40. The normalized spacial score (nSPS) is 10.1. The van der Waals surface area contributed by atoms with Gasteiger partial charge in [0.15, 0.2) is 5.13 Å². The molecule has 1 heterocycles. The maximum Gasteiger partial charge on any atom is 0.321 e. The number of aryl methyl sites for hydroxylation is 1. The largest absolute Gasteiger partial charge is 0.375 e. The van der Waals surface area contributed by atoms with Gasteiger partial charge in [-0.3, -0.25) is 10.1 Å². The maximum absolute atomic E-state index is 11.5. The number of urea groups is 1. The number of rotatable bonds is 5. The lowest BCUT2D eigenvalue weighted by atomic mass is 10.5. The second-order valence-electron chi connectivity index (χ2n) is 3.52. The molecule has 0 fully saturated rings. The minimum Gasteiger partial charge on any atom is -0.375 e. The Morgan fingerprint density at radius 2 is 2.22 bits per heavy atom. The molecule has 1 rings (SSSR count). The van der Waals surface area contributed by atoms with Gasteiger partial charge in [-0.25, -0.2) is 9.78 Å². The Bertz CT molecular complexity index is 434. The van der Waals surface area contributed by atoms with Crippen LogP contribution in [0.3, 0.4) is 0 Å². The van der Waals surface area contributed by atoms with E-state index in [0.29, 0.717) is 11.7 Å². The minimum atomic E-state index is -0.456. The molecule has 0 aromatic carbocycles. The zero-order valence-electron chi connectivity index (χ0n) is 10.3. The van der Waals surface area contributed by atoms with Crippen LogP contribution in [0.2, 0.25) is 0 Å². The standard InChI is InChI=1S/C10H16N4O2S2/c1-3-4-12-10(16)14-7(15)5-17-8-6(2)13-9(11)18-8/h3-5H2,1-2H3,(H2,11,13)(H2,12,14,15,16). The molecular formula is C10H16N4O2S2. The van der Waals surface area contributed by atoms with Gasteiger partial charge in [-0.15, -0.1) is 11.8 Å². The van der Waals surface area contributed by atoms with Crippen molar-refractivity contribution in [3.8, 4) is 0 Å². The van der Waals surface area contributed by atoms with Gasteiger partial charge >= 0.3 is 6.03 Å². The van der Waals surface area contributed by atoms with Gasteiger partial charge in [-0.1, -0.05) is 18.3 Å². The number of nitrogens with two attached hydrogens (primary N) is 1. The van der Waals surface area contributed by atoms with Gasteiger partial charge in [0.1, 0.15) is 0 Å². The Kier molecular flexibility index (Phi) is 5.93. The van der Waals surface area contributed by atoms with Crippen LogP contribution in [0.25, 0.3) is 0 Å². The smallest absolute Gasteiger partial charge is 0.321 e. The van der Waals surface area contributed by atoms with Crippen LogP contribution in [0.15, 0.2) is 4.21 Å². The molecule has 0 atom stereocenters. The number of nitrogens with zero attached hydrogens (tertiary/aromatic N) is 1. The van der Waals surface area contributed by atoms with E-state index in [9.17, 15) is 9.59 Å². The van der Waals surface area contributed by atoms with Crippen LogP contribution in [0.4, 0.5) is 9.93 Å². The van der Waals surface area contributed by atoms with Crippen LogP contribution in [-0.4, -0.2) is 29.2 Å². The number of nitrogens with one attached hydrogen (secondary N) is 2. The molecule has 1 aromatic heterocycles. The molecule has 4 N–H and O–H groups in total. The van der Waals surface area contributed by atoms with Crippen LogP contribution in [0.1, 0.15) is 19.0 Å². The van der Waals surface area contributed by atoms with Crippen molar-refractivity contribution in [1.29, 1.82) is 0 Å². The van der Waals surface area contributed by atoms with Crippen LogP contribution in [0.5, 0.6) is 0 Å². The highest BCUT2D eigenvalue weighted by atomic mass is 32.2. The third-order valence-electron chi connectivity index (χ3n) is 1.89. The fourth-order valence-corrected chi connectivity index (χ4v) is 2.94. The molecule has 0 spiro atoms. The third kappa shape index (κ3) is 4.92. The van der Waals surface area contributed by atoms with E-state index >= 15 is 0 Å². The molecule has 3 amide bonds. The molecule has 0 saturated heterocycles. The van der Waals surface area contributed by atoms with E-state index in [1.165, 1.54) is 23.1 Å². The summed E-state index contributed by atoms with van der Waals surface area (Å²) in [6.07, 6.45) is 0.829. The van der Waals surface area contributed by atoms with Gasteiger partial charge < -0.3 is 11.1 Å². The third-order valence-corrected chi connectivity index (χ3v) is 4.24. The number of hydrogen-bond acceptors (Lipinski definition) is 6. The summed E-state index contributed by atoms with van der Waals surface area (Å²) in [7, 11) is 0. The number of hydrogen-bond donors (Lipinski definition) is 3. The summed E-state index contributed by atoms with van der Waals surface area (Å²) in [5, 5.41) is 5.30. The molecular weight excluding hydrogens is 272 g/mol. The van der Waals surface area contributed by atoms with Crippen molar-refractivity contribution in [1.82, 2.24) is 15.6 Å². The second kappa shape index (κ2) is 7.22. The molecule has 8 heteroatoms. The first-order valence-electron chi connectivity index (χ1n) is 5.46. The molecule has 18 heavy (non-hydrogen) atoms. The quantitative estimate of drug-likeness (QED) is 0.711. The number of thioether (sulfide) groups is 1. The van der Waals surface area contributed by atoms with Gasteiger partial charge in [-0.2, -0.15) is 0 Å². The molecule has 1 aromatic rings. The van der Waals surface area contributed by atoms with Crippen molar-refractivity contribution >= 4 is 40.2 Å². The lowest BCUT2D eigenvalue weighted by Gasteiger charge is -2.04. The van der Waals surface area contributed by atoms with Crippen molar-refractivity contribution < 1.29 is 9.59 Å². The summed E-state index contributed by atoms with van der Waals surface area (Å²) in [4.78, 5) is 26.7. The number of anilines is 1. The van der Waals surface area contributed by atoms with E-state index in [2.05, 4.69) is 15.6 Å². The molecule has 0 aliphatic heterocycles. The highest BCUT2D eigenvalue weighted by Gasteiger charge is 2.11. The Balaban J connectivity index is 2.33. The summed E-state index contributed by atoms with van der Waals surface area (Å²) in [5.74, 6) is -0.165. The second-order valence-corrected chi connectivity index (χ2v) is 5.79. The minimum absolute atomic E-state index is 0.169. The molecule has 100 valence electrons. The summed E-state index contributed by atoms with van der Waals surface area (Å²) in [6, 6.07) is -0.456. The van der Waals surface area contributed by atoms with Crippen LogP contribution in [0, 0.1) is 6.92 Å². The molecule has 0 aliphatic carbocycles. The summed E-state index contributed by atoms with van der Waals surface area (Å²) in [6.45, 7) is 4.33. The van der Waals surface area contributed by atoms with E-state index in [1.54, 1.807) is 0 Å². The van der Waals surface area contributed by atoms with Gasteiger partial charge in [0.2, 0.25) is 5.91 Å². The first-order chi connectivity index (χ1) is 8.52. The lowest BCUT2D eigenvalue weighted by molar-refractivity contribution is -0.117. The van der Waals surface area contributed by atoms with Crippen molar-refractivity contribution in [2.24, 2.45) is 0 Å². The van der Waals surface area contributed by atoms with E-state index < -0.39 is 6.03 Å².